The minimum atomic E-state index is -0.833. The molecule has 0 bridgehead atoms. The first kappa shape index (κ1) is 15.9. The molecule has 0 amide bonds. The summed E-state index contributed by atoms with van der Waals surface area (Å²) in [5.74, 6) is -0.911. The van der Waals surface area contributed by atoms with Crippen molar-refractivity contribution in [3.8, 4) is 0 Å². The number of benzene rings is 1. The van der Waals surface area contributed by atoms with Crippen molar-refractivity contribution >= 4 is 29.7 Å². The zero-order valence-electron chi connectivity index (χ0n) is 10.1. The van der Waals surface area contributed by atoms with E-state index in [1.165, 1.54) is 6.21 Å². The Labute approximate surface area is 110 Å². The Bertz CT molecular complexity index is 444. The Balaban J connectivity index is 0.000000631. The first-order valence-electron chi connectivity index (χ1n) is 4.91. The molecule has 0 heterocycles. The van der Waals surface area contributed by atoms with Crippen LogP contribution in [-0.2, 0) is 4.79 Å². The van der Waals surface area contributed by atoms with Gasteiger partial charge in [-0.1, -0.05) is 23.7 Å². The fourth-order valence-electron chi connectivity index (χ4n) is 0.962. The van der Waals surface area contributed by atoms with E-state index in [1.54, 1.807) is 6.07 Å². The van der Waals surface area contributed by atoms with Crippen molar-refractivity contribution < 1.29 is 9.90 Å². The number of aryl methyl sites for hydroxylation is 1. The number of halogens is 1. The molecule has 0 aliphatic rings. The summed E-state index contributed by atoms with van der Waals surface area (Å²) in [5, 5.41) is 15.2. The lowest BCUT2D eigenvalue weighted by Crippen LogP contribution is -2.21. The molecular formula is C11H15ClN4O2. The molecule has 0 saturated carbocycles. The van der Waals surface area contributed by atoms with Crippen molar-refractivity contribution in [3.05, 3.63) is 34.3 Å². The number of aliphatic carboxylic acids is 1. The van der Waals surface area contributed by atoms with Gasteiger partial charge in [0.05, 0.1) is 6.21 Å². The van der Waals surface area contributed by atoms with E-state index in [4.69, 9.17) is 33.0 Å². The quantitative estimate of drug-likeness (QED) is 0.427. The van der Waals surface area contributed by atoms with E-state index in [-0.39, 0.29) is 5.96 Å². The van der Waals surface area contributed by atoms with E-state index in [0.717, 1.165) is 18.1 Å². The Hall–Kier alpha value is -2.08. The van der Waals surface area contributed by atoms with Crippen LogP contribution in [0.15, 0.2) is 28.4 Å². The maximum atomic E-state index is 9.00. The lowest BCUT2D eigenvalue weighted by Gasteiger charge is -2.00. The number of hydrogen-bond donors (Lipinski definition) is 3. The van der Waals surface area contributed by atoms with Gasteiger partial charge in [-0.05, 0) is 18.6 Å². The standard InChI is InChI=1S/C9H11ClN4.C2H4O2/c1-6-3-2-4-8(10)7(6)5-13-14-9(11)12;1-2(3)4/h2-5H,1H3,(H4,11,12,14);1H3,(H,3,4). The van der Waals surface area contributed by atoms with E-state index in [1.807, 2.05) is 19.1 Å². The van der Waals surface area contributed by atoms with Crippen LogP contribution in [0.3, 0.4) is 0 Å². The summed E-state index contributed by atoms with van der Waals surface area (Å²) in [5.41, 5.74) is 12.1. The molecule has 0 atom stereocenters. The molecule has 0 radical (unpaired) electrons. The molecule has 0 saturated heterocycles. The summed E-state index contributed by atoms with van der Waals surface area (Å²) in [4.78, 5) is 9.00. The van der Waals surface area contributed by atoms with E-state index in [2.05, 4.69) is 10.2 Å². The summed E-state index contributed by atoms with van der Waals surface area (Å²) in [6, 6.07) is 5.59. The minimum absolute atomic E-state index is 0.0778. The molecule has 98 valence electrons. The highest BCUT2D eigenvalue weighted by atomic mass is 35.5. The van der Waals surface area contributed by atoms with Gasteiger partial charge in [0.2, 0.25) is 5.96 Å². The third-order valence-electron chi connectivity index (χ3n) is 1.63. The molecule has 6 nitrogen and oxygen atoms in total. The molecule has 0 aliphatic heterocycles. The lowest BCUT2D eigenvalue weighted by atomic mass is 10.1. The summed E-state index contributed by atoms with van der Waals surface area (Å²) in [7, 11) is 0. The average molecular weight is 271 g/mol. The van der Waals surface area contributed by atoms with E-state index in [9.17, 15) is 0 Å². The third-order valence-corrected chi connectivity index (χ3v) is 1.96. The summed E-state index contributed by atoms with van der Waals surface area (Å²) < 4.78 is 0. The predicted molar refractivity (Wildman–Crippen MR) is 72.9 cm³/mol. The third kappa shape index (κ3) is 7.24. The van der Waals surface area contributed by atoms with Gasteiger partial charge in [-0.25, -0.2) is 0 Å². The van der Waals surface area contributed by atoms with Crippen LogP contribution in [0, 0.1) is 6.92 Å². The maximum absolute atomic E-state index is 9.00. The fraction of sp³-hybridized carbons (Fsp3) is 0.182. The number of carboxylic acids is 1. The van der Waals surface area contributed by atoms with Crippen LogP contribution >= 0.6 is 11.6 Å². The number of guanidine groups is 1. The lowest BCUT2D eigenvalue weighted by molar-refractivity contribution is -0.134. The first-order chi connectivity index (χ1) is 8.34. The zero-order valence-corrected chi connectivity index (χ0v) is 10.8. The summed E-state index contributed by atoms with van der Waals surface area (Å²) in [6.45, 7) is 3.02. The first-order valence-corrected chi connectivity index (χ1v) is 5.29. The number of hydrogen-bond acceptors (Lipinski definition) is 3. The van der Waals surface area contributed by atoms with Crippen LogP contribution in [0.25, 0.3) is 0 Å². The molecule has 5 N–H and O–H groups in total. The van der Waals surface area contributed by atoms with Gasteiger partial charge in [0.15, 0.2) is 0 Å². The highest BCUT2D eigenvalue weighted by molar-refractivity contribution is 6.33. The van der Waals surface area contributed by atoms with Crippen LogP contribution in [-0.4, -0.2) is 23.2 Å². The van der Waals surface area contributed by atoms with Crippen molar-refractivity contribution in [2.75, 3.05) is 0 Å². The van der Waals surface area contributed by atoms with Crippen molar-refractivity contribution in [1.82, 2.24) is 0 Å². The van der Waals surface area contributed by atoms with Gasteiger partial charge in [-0.2, -0.15) is 5.10 Å². The van der Waals surface area contributed by atoms with Crippen molar-refractivity contribution in [2.45, 2.75) is 13.8 Å². The summed E-state index contributed by atoms with van der Waals surface area (Å²) in [6.07, 6.45) is 1.53. The highest BCUT2D eigenvalue weighted by Crippen LogP contribution is 2.16. The number of carbonyl (C=O) groups is 1. The molecule has 1 aromatic rings. The van der Waals surface area contributed by atoms with Crippen molar-refractivity contribution in [1.29, 1.82) is 0 Å². The van der Waals surface area contributed by atoms with Crippen LogP contribution < -0.4 is 11.5 Å². The average Bonchev–Trinajstić information content (AvgIpc) is 2.21. The number of rotatable bonds is 2. The molecule has 0 aromatic heterocycles. The second-order valence-corrected chi connectivity index (χ2v) is 3.67. The molecule has 1 aromatic carbocycles. The van der Waals surface area contributed by atoms with Gasteiger partial charge < -0.3 is 16.6 Å². The second-order valence-electron chi connectivity index (χ2n) is 3.26. The van der Waals surface area contributed by atoms with Gasteiger partial charge in [-0.3, -0.25) is 4.79 Å². The van der Waals surface area contributed by atoms with Gasteiger partial charge >= 0.3 is 0 Å². The largest absolute Gasteiger partial charge is 0.481 e. The summed E-state index contributed by atoms with van der Waals surface area (Å²) >= 11 is 5.94. The maximum Gasteiger partial charge on any atom is 0.300 e. The van der Waals surface area contributed by atoms with E-state index >= 15 is 0 Å². The molecule has 0 spiro atoms. The van der Waals surface area contributed by atoms with Crippen molar-refractivity contribution in [2.24, 2.45) is 21.7 Å². The van der Waals surface area contributed by atoms with E-state index < -0.39 is 5.97 Å². The molecule has 18 heavy (non-hydrogen) atoms. The van der Waals surface area contributed by atoms with Crippen molar-refractivity contribution in [3.63, 3.8) is 0 Å². The van der Waals surface area contributed by atoms with Gasteiger partial charge in [-0.15, -0.1) is 5.10 Å². The van der Waals surface area contributed by atoms with Crippen LogP contribution in [0.2, 0.25) is 5.02 Å². The molecule has 0 fully saturated rings. The predicted octanol–water partition coefficient (Wildman–Crippen LogP) is 1.35. The molecule has 7 heteroatoms. The Morgan fingerprint density at radius 2 is 2.00 bits per heavy atom. The SMILES string of the molecule is CC(=O)O.Cc1cccc(Cl)c1C=NN=C(N)N. The van der Waals surface area contributed by atoms with Crippen LogP contribution in [0.5, 0.6) is 0 Å². The topological polar surface area (TPSA) is 114 Å². The highest BCUT2D eigenvalue weighted by Gasteiger charge is 1.99. The smallest absolute Gasteiger partial charge is 0.300 e. The van der Waals surface area contributed by atoms with Gasteiger partial charge in [0, 0.05) is 17.5 Å². The fourth-order valence-corrected chi connectivity index (χ4v) is 1.23. The molecule has 0 aliphatic carbocycles. The normalized spacial score (nSPS) is 9.50. The second kappa shape index (κ2) is 8.08. The monoisotopic (exact) mass is 270 g/mol. The van der Waals surface area contributed by atoms with E-state index in [0.29, 0.717) is 5.02 Å². The molecule has 1 rings (SSSR count). The molecular weight excluding hydrogens is 256 g/mol. The number of nitrogens with zero attached hydrogens (tertiary/aromatic N) is 2. The van der Waals surface area contributed by atoms with Crippen LogP contribution in [0.1, 0.15) is 18.1 Å². The van der Waals surface area contributed by atoms with Gasteiger partial charge in [0.25, 0.3) is 5.97 Å². The Morgan fingerprint density at radius 3 is 2.44 bits per heavy atom. The van der Waals surface area contributed by atoms with Crippen LogP contribution in [0.4, 0.5) is 0 Å². The Kier molecular flexibility index (Phi) is 7.14. The minimum Gasteiger partial charge on any atom is -0.481 e. The Morgan fingerprint density at radius 1 is 1.44 bits per heavy atom. The molecule has 0 unspecified atom stereocenters. The number of nitrogens with two attached hydrogens (primary N) is 2. The van der Waals surface area contributed by atoms with Gasteiger partial charge in [0.1, 0.15) is 0 Å². The number of carboxylic acid groups (broad SMARTS) is 1. The zero-order chi connectivity index (χ0) is 14.1.